The van der Waals surface area contributed by atoms with Crippen molar-refractivity contribution in [3.05, 3.63) is 66.9 Å². The van der Waals surface area contributed by atoms with Gasteiger partial charge in [0.15, 0.2) is 9.84 Å². The summed E-state index contributed by atoms with van der Waals surface area (Å²) in [4.78, 5) is 10.1. The SMILES string of the molecule is CC(C)N1CCN(c2ccc(-c3cnc4cc(-c5ccc(S(C)(=O)=O)cc5)n(C)c4c3)cc2)[C@H](C)C1. The fourth-order valence-electron chi connectivity index (χ4n) is 5.19. The van der Waals surface area contributed by atoms with Crippen LogP contribution in [0.3, 0.4) is 0 Å². The maximum Gasteiger partial charge on any atom is 0.175 e. The molecule has 0 amide bonds. The molecule has 7 heteroatoms. The summed E-state index contributed by atoms with van der Waals surface area (Å²) in [5.41, 5.74) is 7.39. The minimum Gasteiger partial charge on any atom is -0.366 e. The fourth-order valence-corrected chi connectivity index (χ4v) is 5.82. The first-order valence-corrected chi connectivity index (χ1v) is 14.4. The van der Waals surface area contributed by atoms with Crippen molar-refractivity contribution < 1.29 is 8.42 Å². The van der Waals surface area contributed by atoms with Crippen LogP contribution in [0.5, 0.6) is 0 Å². The molecule has 36 heavy (non-hydrogen) atoms. The van der Waals surface area contributed by atoms with Gasteiger partial charge in [0.05, 0.1) is 21.6 Å². The molecule has 1 aliphatic heterocycles. The Bertz CT molecular complexity index is 1490. The molecule has 0 saturated carbocycles. The Hall–Kier alpha value is -3.16. The summed E-state index contributed by atoms with van der Waals surface area (Å²) >= 11 is 0. The van der Waals surface area contributed by atoms with E-state index >= 15 is 0 Å². The predicted octanol–water partition coefficient (Wildman–Crippen LogP) is 5.23. The van der Waals surface area contributed by atoms with Crippen LogP contribution in [-0.4, -0.2) is 60.8 Å². The quantitative estimate of drug-likeness (QED) is 0.374. The lowest BCUT2D eigenvalue weighted by atomic mass is 10.1. The number of fused-ring (bicyclic) bond motifs is 1. The molecule has 5 rings (SSSR count). The molecule has 0 unspecified atom stereocenters. The molecule has 1 aliphatic rings. The van der Waals surface area contributed by atoms with Crippen LogP contribution in [0, 0.1) is 0 Å². The molecule has 1 saturated heterocycles. The number of aryl methyl sites for hydroxylation is 1. The van der Waals surface area contributed by atoms with E-state index in [0.717, 1.165) is 53.1 Å². The lowest BCUT2D eigenvalue weighted by molar-refractivity contribution is 0.185. The molecule has 6 nitrogen and oxygen atoms in total. The van der Waals surface area contributed by atoms with Gasteiger partial charge >= 0.3 is 0 Å². The van der Waals surface area contributed by atoms with Crippen molar-refractivity contribution in [2.24, 2.45) is 7.05 Å². The van der Waals surface area contributed by atoms with Crippen molar-refractivity contribution in [2.75, 3.05) is 30.8 Å². The monoisotopic (exact) mass is 502 g/mol. The van der Waals surface area contributed by atoms with Gasteiger partial charge in [-0.1, -0.05) is 24.3 Å². The molecular weight excluding hydrogens is 468 g/mol. The number of sulfone groups is 1. The van der Waals surface area contributed by atoms with Gasteiger partial charge in [-0.25, -0.2) is 8.42 Å². The Morgan fingerprint density at radius 3 is 2.19 bits per heavy atom. The summed E-state index contributed by atoms with van der Waals surface area (Å²) in [5.74, 6) is 0. The highest BCUT2D eigenvalue weighted by Gasteiger charge is 2.25. The van der Waals surface area contributed by atoms with Crippen molar-refractivity contribution in [3.8, 4) is 22.4 Å². The average molecular weight is 503 g/mol. The standard InChI is InChI=1S/C29H34N4O2S/c1-20(2)32-14-15-33(21(3)19-32)25-10-6-22(7-11-25)24-16-29-27(30-18-24)17-28(31(29)4)23-8-12-26(13-9-23)36(5,34)35/h6-13,16-18,20-21H,14-15,19H2,1-5H3/t21-/m1/s1. The lowest BCUT2D eigenvalue weighted by Gasteiger charge is -2.43. The smallest absolute Gasteiger partial charge is 0.175 e. The van der Waals surface area contributed by atoms with E-state index in [2.05, 4.69) is 71.5 Å². The number of rotatable bonds is 5. The molecule has 2 aromatic heterocycles. The van der Waals surface area contributed by atoms with Crippen molar-refractivity contribution >= 4 is 26.6 Å². The van der Waals surface area contributed by atoms with Crippen molar-refractivity contribution in [1.82, 2.24) is 14.5 Å². The molecule has 0 spiro atoms. The first-order valence-electron chi connectivity index (χ1n) is 12.5. The summed E-state index contributed by atoms with van der Waals surface area (Å²) in [7, 11) is -1.19. The molecule has 1 fully saturated rings. The first-order chi connectivity index (χ1) is 17.1. The number of piperazine rings is 1. The van der Waals surface area contributed by atoms with Crippen molar-refractivity contribution in [3.63, 3.8) is 0 Å². The molecule has 3 heterocycles. The van der Waals surface area contributed by atoms with E-state index in [1.54, 1.807) is 12.1 Å². The van der Waals surface area contributed by atoms with E-state index < -0.39 is 9.84 Å². The van der Waals surface area contributed by atoms with E-state index in [1.807, 2.05) is 25.4 Å². The van der Waals surface area contributed by atoms with Crippen molar-refractivity contribution in [2.45, 2.75) is 37.8 Å². The van der Waals surface area contributed by atoms with Crippen LogP contribution < -0.4 is 4.90 Å². The summed E-state index contributed by atoms with van der Waals surface area (Å²) in [5, 5.41) is 0. The summed E-state index contributed by atoms with van der Waals surface area (Å²) in [6.07, 6.45) is 3.15. The molecular formula is C29H34N4O2S. The van der Waals surface area contributed by atoms with Crippen LogP contribution >= 0.6 is 0 Å². The number of anilines is 1. The van der Waals surface area contributed by atoms with Crippen LogP contribution in [0.4, 0.5) is 5.69 Å². The first kappa shape index (κ1) is 24.5. The highest BCUT2D eigenvalue weighted by atomic mass is 32.2. The highest BCUT2D eigenvalue weighted by molar-refractivity contribution is 7.90. The van der Waals surface area contributed by atoms with Crippen LogP contribution in [0.15, 0.2) is 71.8 Å². The van der Waals surface area contributed by atoms with Gasteiger partial charge in [0.1, 0.15) is 0 Å². The van der Waals surface area contributed by atoms with Gasteiger partial charge < -0.3 is 9.47 Å². The fraction of sp³-hybridized carbons (Fsp3) is 0.345. The van der Waals surface area contributed by atoms with Crippen LogP contribution in [0.25, 0.3) is 33.4 Å². The second kappa shape index (κ2) is 9.37. The number of pyridine rings is 1. The van der Waals surface area contributed by atoms with Crippen LogP contribution in [0.1, 0.15) is 20.8 Å². The average Bonchev–Trinajstić information content (AvgIpc) is 3.19. The molecule has 1 atom stereocenters. The molecule has 0 radical (unpaired) electrons. The summed E-state index contributed by atoms with van der Waals surface area (Å²) in [6, 6.07) is 21.1. The maximum absolute atomic E-state index is 11.8. The van der Waals surface area contributed by atoms with Gasteiger partial charge in [0.2, 0.25) is 0 Å². The zero-order chi connectivity index (χ0) is 25.6. The molecule has 0 bridgehead atoms. The second-order valence-corrected chi connectivity index (χ2v) is 12.2. The maximum atomic E-state index is 11.8. The number of hydrogen-bond acceptors (Lipinski definition) is 5. The third-order valence-electron chi connectivity index (χ3n) is 7.39. The van der Waals surface area contributed by atoms with E-state index in [-0.39, 0.29) is 0 Å². The summed E-state index contributed by atoms with van der Waals surface area (Å²) < 4.78 is 25.7. The van der Waals surface area contributed by atoms with E-state index in [9.17, 15) is 8.42 Å². The summed E-state index contributed by atoms with van der Waals surface area (Å²) in [6.45, 7) is 10.1. The minimum atomic E-state index is -3.22. The number of hydrogen-bond donors (Lipinski definition) is 0. The van der Waals surface area contributed by atoms with Gasteiger partial charge in [-0.05, 0) is 68.3 Å². The Morgan fingerprint density at radius 1 is 0.917 bits per heavy atom. The zero-order valence-electron chi connectivity index (χ0n) is 21.6. The lowest BCUT2D eigenvalue weighted by Crippen LogP contribution is -2.53. The third kappa shape index (κ3) is 4.65. The largest absolute Gasteiger partial charge is 0.366 e. The van der Waals surface area contributed by atoms with E-state index in [0.29, 0.717) is 17.0 Å². The van der Waals surface area contributed by atoms with Gasteiger partial charge in [0, 0.05) is 62.5 Å². The molecule has 188 valence electrons. The topological polar surface area (TPSA) is 58.4 Å². The second-order valence-electron chi connectivity index (χ2n) is 10.2. The predicted molar refractivity (Wildman–Crippen MR) is 148 cm³/mol. The number of aromatic nitrogens is 2. The van der Waals surface area contributed by atoms with Crippen molar-refractivity contribution in [1.29, 1.82) is 0 Å². The van der Waals surface area contributed by atoms with E-state index in [1.165, 1.54) is 11.9 Å². The van der Waals surface area contributed by atoms with Gasteiger partial charge in [-0.15, -0.1) is 0 Å². The van der Waals surface area contributed by atoms with Gasteiger partial charge in [-0.2, -0.15) is 0 Å². The molecule has 2 aromatic carbocycles. The normalized spacial score (nSPS) is 17.3. The van der Waals surface area contributed by atoms with Gasteiger partial charge in [-0.3, -0.25) is 9.88 Å². The van der Waals surface area contributed by atoms with Crippen LogP contribution in [-0.2, 0) is 16.9 Å². The Labute approximate surface area is 214 Å². The van der Waals surface area contributed by atoms with Gasteiger partial charge in [0.25, 0.3) is 0 Å². The Kier molecular flexibility index (Phi) is 6.39. The van der Waals surface area contributed by atoms with Crippen LogP contribution in [0.2, 0.25) is 0 Å². The minimum absolute atomic E-state index is 0.324. The number of benzene rings is 2. The Balaban J connectivity index is 1.40. The molecule has 0 aliphatic carbocycles. The zero-order valence-corrected chi connectivity index (χ0v) is 22.5. The highest BCUT2D eigenvalue weighted by Crippen LogP contribution is 2.31. The number of nitrogens with zero attached hydrogens (tertiary/aromatic N) is 4. The third-order valence-corrected chi connectivity index (χ3v) is 8.52. The molecule has 4 aromatic rings. The Morgan fingerprint density at radius 2 is 1.58 bits per heavy atom. The van der Waals surface area contributed by atoms with E-state index in [4.69, 9.17) is 4.98 Å². The molecule has 0 N–H and O–H groups in total.